The summed E-state index contributed by atoms with van der Waals surface area (Å²) in [5, 5.41) is 31.1. The highest BCUT2D eigenvalue weighted by atomic mass is 19.1. The van der Waals surface area contributed by atoms with Gasteiger partial charge in [-0.25, -0.2) is 9.37 Å². The van der Waals surface area contributed by atoms with Gasteiger partial charge < -0.3 is 19.7 Å². The van der Waals surface area contributed by atoms with Gasteiger partial charge in [-0.3, -0.25) is 18.8 Å². The quantitative estimate of drug-likeness (QED) is 0.319. The van der Waals surface area contributed by atoms with E-state index in [2.05, 4.69) is 26.6 Å². The lowest BCUT2D eigenvalue weighted by Crippen LogP contribution is -2.30. The van der Waals surface area contributed by atoms with E-state index in [1.54, 1.807) is 25.6 Å². The number of nitrogens with one attached hydrogen (secondary N) is 1. The van der Waals surface area contributed by atoms with Crippen LogP contribution in [0.3, 0.4) is 0 Å². The number of ether oxygens (including phenoxy) is 1. The van der Waals surface area contributed by atoms with E-state index in [-0.39, 0.29) is 17.1 Å². The van der Waals surface area contributed by atoms with Crippen LogP contribution in [0.25, 0.3) is 0 Å². The maximum absolute atomic E-state index is 14.6. The van der Waals surface area contributed by atoms with Crippen molar-refractivity contribution in [3.8, 4) is 11.8 Å². The van der Waals surface area contributed by atoms with Crippen molar-refractivity contribution >= 4 is 11.6 Å². The SMILES string of the molecule is COCCn1nc(C)c([C@H](c2cc(F)ccc2C#N)[C@H](C)c2nc(C(=O)Nc3cnoc3)c(O)c(=O)n2C)c1C. The Morgan fingerprint density at radius 3 is 2.75 bits per heavy atom. The van der Waals surface area contributed by atoms with Crippen LogP contribution in [0, 0.1) is 31.0 Å². The van der Waals surface area contributed by atoms with Gasteiger partial charge in [0.15, 0.2) is 5.69 Å². The number of halogens is 1. The smallest absolute Gasteiger partial charge is 0.296 e. The fourth-order valence-corrected chi connectivity index (χ4v) is 4.90. The second kappa shape index (κ2) is 11.5. The zero-order chi connectivity index (χ0) is 29.1. The highest BCUT2D eigenvalue weighted by Gasteiger charge is 2.34. The van der Waals surface area contributed by atoms with Crippen LogP contribution in [0.15, 0.2) is 40.0 Å². The molecule has 0 saturated heterocycles. The van der Waals surface area contributed by atoms with E-state index in [1.807, 2.05) is 6.92 Å². The molecule has 0 bridgehead atoms. The van der Waals surface area contributed by atoms with Crippen LogP contribution in [0.5, 0.6) is 5.75 Å². The molecule has 12 nitrogen and oxygen atoms in total. The topological polar surface area (TPSA) is 161 Å². The van der Waals surface area contributed by atoms with E-state index >= 15 is 0 Å². The average Bonchev–Trinajstić information content (AvgIpc) is 3.54. The number of anilines is 1. The Balaban J connectivity index is 1.93. The number of benzene rings is 1. The third kappa shape index (κ3) is 5.21. The maximum atomic E-state index is 14.6. The third-order valence-electron chi connectivity index (χ3n) is 6.84. The first-order valence-electron chi connectivity index (χ1n) is 12.3. The number of hydrogen-bond donors (Lipinski definition) is 2. The zero-order valence-corrected chi connectivity index (χ0v) is 22.6. The standard InChI is InChI=1S/C27H28FN7O5/c1-14(25-32-23(24(36)27(38)34(25)4)26(37)31-19-12-30-40-13-19)21(20-10-18(28)7-6-17(20)11-29)22-15(2)33-35(16(22)3)8-9-39-5/h6-7,10,12-14,21,36H,8-9H2,1-5H3,(H,31,37)/t14-,21-/m0/s1. The van der Waals surface area contributed by atoms with Gasteiger partial charge in [-0.2, -0.15) is 10.4 Å². The Bertz CT molecular complexity index is 1650. The second-order valence-corrected chi connectivity index (χ2v) is 9.31. The predicted molar refractivity (Wildman–Crippen MR) is 141 cm³/mol. The van der Waals surface area contributed by atoms with Crippen LogP contribution < -0.4 is 10.9 Å². The normalized spacial score (nSPS) is 12.6. The van der Waals surface area contributed by atoms with Gasteiger partial charge in [0.2, 0.25) is 5.75 Å². The molecule has 4 aromatic rings. The third-order valence-corrected chi connectivity index (χ3v) is 6.84. The monoisotopic (exact) mass is 549 g/mol. The molecule has 3 heterocycles. The lowest BCUT2D eigenvalue weighted by molar-refractivity contribution is 0.101. The molecule has 0 aliphatic heterocycles. The lowest BCUT2D eigenvalue weighted by Gasteiger charge is -2.27. The Kier molecular flexibility index (Phi) is 8.11. The van der Waals surface area contributed by atoms with Gasteiger partial charge in [-0.05, 0) is 37.6 Å². The molecule has 0 unspecified atom stereocenters. The fourth-order valence-electron chi connectivity index (χ4n) is 4.90. The van der Waals surface area contributed by atoms with E-state index in [1.165, 1.54) is 37.7 Å². The molecule has 0 aliphatic rings. The zero-order valence-electron chi connectivity index (χ0n) is 22.6. The van der Waals surface area contributed by atoms with Gasteiger partial charge in [0.1, 0.15) is 23.6 Å². The molecule has 208 valence electrons. The molecule has 0 fully saturated rings. The first kappa shape index (κ1) is 28.2. The first-order chi connectivity index (χ1) is 19.1. The lowest BCUT2D eigenvalue weighted by atomic mass is 9.78. The van der Waals surface area contributed by atoms with Crippen molar-refractivity contribution in [3.63, 3.8) is 0 Å². The van der Waals surface area contributed by atoms with E-state index in [4.69, 9.17) is 9.26 Å². The number of rotatable bonds is 9. The van der Waals surface area contributed by atoms with E-state index in [9.17, 15) is 24.3 Å². The summed E-state index contributed by atoms with van der Waals surface area (Å²) in [4.78, 5) is 30.4. The number of aromatic hydroxyl groups is 1. The Labute approximate surface area is 228 Å². The van der Waals surface area contributed by atoms with Crippen LogP contribution in [-0.2, 0) is 18.3 Å². The number of carbonyl (C=O) groups excluding carboxylic acids is 1. The number of hydrogen-bond acceptors (Lipinski definition) is 9. The van der Waals surface area contributed by atoms with Crippen molar-refractivity contribution in [2.45, 2.75) is 39.2 Å². The van der Waals surface area contributed by atoms with Crippen LogP contribution in [0.1, 0.15) is 63.2 Å². The average molecular weight is 550 g/mol. The van der Waals surface area contributed by atoms with Crippen molar-refractivity contribution in [2.75, 3.05) is 19.0 Å². The number of nitrogens with zero attached hydrogens (tertiary/aromatic N) is 6. The first-order valence-corrected chi connectivity index (χ1v) is 12.3. The largest absolute Gasteiger partial charge is 0.501 e. The summed E-state index contributed by atoms with van der Waals surface area (Å²) < 4.78 is 27.4. The van der Waals surface area contributed by atoms with Crippen molar-refractivity contribution in [2.24, 2.45) is 7.05 Å². The molecule has 1 amide bonds. The van der Waals surface area contributed by atoms with Gasteiger partial charge in [-0.15, -0.1) is 0 Å². The maximum Gasteiger partial charge on any atom is 0.296 e. The second-order valence-electron chi connectivity index (χ2n) is 9.31. The molecule has 1 aromatic carbocycles. The molecule has 4 rings (SSSR count). The van der Waals surface area contributed by atoms with Gasteiger partial charge in [0.25, 0.3) is 11.5 Å². The molecule has 13 heteroatoms. The summed E-state index contributed by atoms with van der Waals surface area (Å²) in [5.41, 5.74) is 1.54. The van der Waals surface area contributed by atoms with Crippen molar-refractivity contribution in [3.05, 3.63) is 86.4 Å². The van der Waals surface area contributed by atoms with Gasteiger partial charge in [0, 0.05) is 37.3 Å². The summed E-state index contributed by atoms with van der Waals surface area (Å²) in [6, 6.07) is 6.00. The minimum Gasteiger partial charge on any atom is -0.501 e. The number of nitriles is 1. The Morgan fingerprint density at radius 2 is 2.10 bits per heavy atom. The van der Waals surface area contributed by atoms with Crippen molar-refractivity contribution < 1.29 is 23.6 Å². The molecule has 0 spiro atoms. The highest BCUT2D eigenvalue weighted by molar-refractivity contribution is 6.04. The van der Waals surface area contributed by atoms with Gasteiger partial charge >= 0.3 is 0 Å². The molecule has 0 aliphatic carbocycles. The Morgan fingerprint density at radius 1 is 1.35 bits per heavy atom. The summed E-state index contributed by atoms with van der Waals surface area (Å²) in [6.45, 7) is 6.28. The van der Waals surface area contributed by atoms with E-state index in [0.29, 0.717) is 30.0 Å². The van der Waals surface area contributed by atoms with Crippen molar-refractivity contribution in [1.82, 2.24) is 24.5 Å². The molecular weight excluding hydrogens is 521 g/mol. The fraction of sp³-hybridized carbons (Fsp3) is 0.333. The number of aryl methyl sites for hydroxylation is 1. The minimum atomic E-state index is -0.855. The summed E-state index contributed by atoms with van der Waals surface area (Å²) >= 11 is 0. The molecule has 0 radical (unpaired) electrons. The summed E-state index contributed by atoms with van der Waals surface area (Å²) in [5.74, 6) is -3.53. The highest BCUT2D eigenvalue weighted by Crippen LogP contribution is 2.42. The number of aromatic nitrogens is 5. The van der Waals surface area contributed by atoms with Crippen LogP contribution in [0.2, 0.25) is 0 Å². The van der Waals surface area contributed by atoms with Crippen LogP contribution in [0.4, 0.5) is 10.1 Å². The van der Waals surface area contributed by atoms with Gasteiger partial charge in [0.05, 0.1) is 36.7 Å². The van der Waals surface area contributed by atoms with E-state index < -0.39 is 40.6 Å². The molecular formula is C27H28FN7O5. The molecule has 40 heavy (non-hydrogen) atoms. The number of methoxy groups -OCH3 is 1. The minimum absolute atomic E-state index is 0.125. The Hall–Kier alpha value is -4.83. The molecule has 2 N–H and O–H groups in total. The summed E-state index contributed by atoms with van der Waals surface area (Å²) in [6.07, 6.45) is 2.42. The summed E-state index contributed by atoms with van der Waals surface area (Å²) in [7, 11) is 3.00. The molecule has 2 atom stereocenters. The number of amides is 1. The van der Waals surface area contributed by atoms with E-state index in [0.717, 1.165) is 10.3 Å². The van der Waals surface area contributed by atoms with Crippen LogP contribution in [-0.4, -0.2) is 49.2 Å². The van der Waals surface area contributed by atoms with Gasteiger partial charge in [-0.1, -0.05) is 12.1 Å². The van der Waals surface area contributed by atoms with Crippen molar-refractivity contribution in [1.29, 1.82) is 5.26 Å². The predicted octanol–water partition coefficient (Wildman–Crippen LogP) is 3.13. The molecule has 3 aromatic heterocycles. The molecule has 0 saturated carbocycles. The van der Waals surface area contributed by atoms with Crippen LogP contribution >= 0.6 is 0 Å². The number of carbonyl (C=O) groups is 1.